The summed E-state index contributed by atoms with van der Waals surface area (Å²) < 4.78 is 5.47. The summed E-state index contributed by atoms with van der Waals surface area (Å²) in [4.78, 5) is 6.83. The van der Waals surface area contributed by atoms with Gasteiger partial charge in [-0.3, -0.25) is 4.99 Å². The van der Waals surface area contributed by atoms with E-state index in [4.69, 9.17) is 4.74 Å². The van der Waals surface area contributed by atoms with Gasteiger partial charge in [-0.2, -0.15) is 0 Å². The molecule has 1 aromatic rings. The van der Waals surface area contributed by atoms with E-state index in [9.17, 15) is 0 Å². The number of guanidine groups is 1. The lowest BCUT2D eigenvalue weighted by atomic mass is 10.0. The minimum Gasteiger partial charge on any atom is -0.496 e. The zero-order valence-corrected chi connectivity index (χ0v) is 20.2. The van der Waals surface area contributed by atoms with Gasteiger partial charge in [0.2, 0.25) is 0 Å². The van der Waals surface area contributed by atoms with Crippen molar-refractivity contribution < 1.29 is 4.74 Å². The van der Waals surface area contributed by atoms with Gasteiger partial charge in [-0.15, -0.1) is 24.0 Å². The highest BCUT2D eigenvalue weighted by Gasteiger charge is 2.12. The molecule has 2 unspecified atom stereocenters. The standard InChI is InChI=1S/C21H38N4O.HI/c1-7-25(8-2)15-11-12-18(4)24-21(22-5)23-16-17(3)19-13-9-10-14-20(19)26-6;/h9-10,13-14,17-18H,7-8,11-12,15-16H2,1-6H3,(H2,22,23,24);1H. The van der Waals surface area contributed by atoms with E-state index in [0.29, 0.717) is 12.0 Å². The molecule has 0 bridgehead atoms. The lowest BCUT2D eigenvalue weighted by Gasteiger charge is -2.22. The number of halogens is 1. The van der Waals surface area contributed by atoms with Gasteiger partial charge in [0.25, 0.3) is 0 Å². The molecule has 1 aromatic carbocycles. The van der Waals surface area contributed by atoms with Gasteiger partial charge in [0.15, 0.2) is 5.96 Å². The van der Waals surface area contributed by atoms with Crippen molar-refractivity contribution in [2.45, 2.75) is 52.5 Å². The number of benzene rings is 1. The predicted molar refractivity (Wildman–Crippen MR) is 128 cm³/mol. The molecule has 5 nitrogen and oxygen atoms in total. The molecule has 0 heterocycles. The Kier molecular flexibility index (Phi) is 14.4. The van der Waals surface area contributed by atoms with Gasteiger partial charge in [0.05, 0.1) is 7.11 Å². The Morgan fingerprint density at radius 2 is 1.85 bits per heavy atom. The molecule has 6 heteroatoms. The third-order valence-corrected chi connectivity index (χ3v) is 4.86. The number of rotatable bonds is 11. The molecule has 0 aliphatic heterocycles. The summed E-state index contributed by atoms with van der Waals surface area (Å²) in [5.41, 5.74) is 1.21. The zero-order chi connectivity index (χ0) is 19.4. The molecule has 0 saturated carbocycles. The lowest BCUT2D eigenvalue weighted by Crippen LogP contribution is -2.43. The molecule has 0 aliphatic rings. The summed E-state index contributed by atoms with van der Waals surface area (Å²) in [6.45, 7) is 13.1. The number of nitrogens with zero attached hydrogens (tertiary/aromatic N) is 2. The number of para-hydroxylation sites is 1. The van der Waals surface area contributed by atoms with Gasteiger partial charge in [-0.05, 0) is 51.0 Å². The molecule has 0 saturated heterocycles. The molecule has 0 spiro atoms. The van der Waals surface area contributed by atoms with Crippen molar-refractivity contribution in [3.8, 4) is 5.75 Å². The molecule has 0 radical (unpaired) electrons. The van der Waals surface area contributed by atoms with Crippen molar-refractivity contribution in [2.75, 3.05) is 40.3 Å². The van der Waals surface area contributed by atoms with E-state index in [2.05, 4.69) is 60.4 Å². The molecular weight excluding hydrogens is 451 g/mol. The van der Waals surface area contributed by atoms with Crippen LogP contribution in [0, 0.1) is 0 Å². The van der Waals surface area contributed by atoms with Crippen molar-refractivity contribution in [3.05, 3.63) is 29.8 Å². The Morgan fingerprint density at radius 3 is 2.44 bits per heavy atom. The topological polar surface area (TPSA) is 48.9 Å². The average molecular weight is 490 g/mol. The van der Waals surface area contributed by atoms with Crippen LogP contribution in [-0.4, -0.2) is 57.2 Å². The number of hydrogen-bond donors (Lipinski definition) is 2. The predicted octanol–water partition coefficient (Wildman–Crippen LogP) is 4.09. The Bertz CT molecular complexity index is 535. The van der Waals surface area contributed by atoms with Crippen LogP contribution in [0.2, 0.25) is 0 Å². The monoisotopic (exact) mass is 490 g/mol. The van der Waals surface area contributed by atoms with Crippen molar-refractivity contribution in [3.63, 3.8) is 0 Å². The fraction of sp³-hybridized carbons (Fsp3) is 0.667. The smallest absolute Gasteiger partial charge is 0.191 e. The van der Waals surface area contributed by atoms with Gasteiger partial charge >= 0.3 is 0 Å². The largest absolute Gasteiger partial charge is 0.496 e. The van der Waals surface area contributed by atoms with Crippen LogP contribution in [0.4, 0.5) is 0 Å². The molecular formula is C21H39IN4O. The van der Waals surface area contributed by atoms with Crippen molar-refractivity contribution in [2.24, 2.45) is 4.99 Å². The van der Waals surface area contributed by atoms with E-state index < -0.39 is 0 Å². The summed E-state index contributed by atoms with van der Waals surface area (Å²) in [6, 6.07) is 8.59. The van der Waals surface area contributed by atoms with Gasteiger partial charge in [-0.1, -0.05) is 39.0 Å². The number of ether oxygens (including phenoxy) is 1. The molecule has 156 valence electrons. The van der Waals surface area contributed by atoms with Crippen LogP contribution in [0.1, 0.15) is 52.0 Å². The fourth-order valence-electron chi connectivity index (χ4n) is 3.09. The van der Waals surface area contributed by atoms with Gasteiger partial charge in [-0.25, -0.2) is 0 Å². The maximum Gasteiger partial charge on any atom is 0.191 e. The maximum atomic E-state index is 5.47. The van der Waals surface area contributed by atoms with Crippen molar-refractivity contribution in [1.82, 2.24) is 15.5 Å². The maximum absolute atomic E-state index is 5.47. The summed E-state index contributed by atoms with van der Waals surface area (Å²) in [5.74, 6) is 2.14. The molecule has 0 aliphatic carbocycles. The molecule has 0 amide bonds. The quantitative estimate of drug-likeness (QED) is 0.279. The van der Waals surface area contributed by atoms with Crippen molar-refractivity contribution >= 4 is 29.9 Å². The zero-order valence-electron chi connectivity index (χ0n) is 17.9. The highest BCUT2D eigenvalue weighted by Crippen LogP contribution is 2.25. The van der Waals surface area contributed by atoms with E-state index >= 15 is 0 Å². The highest BCUT2D eigenvalue weighted by atomic mass is 127. The summed E-state index contributed by atoms with van der Waals surface area (Å²) in [5, 5.41) is 6.95. The number of methoxy groups -OCH3 is 1. The molecule has 2 N–H and O–H groups in total. The molecule has 1 rings (SSSR count). The summed E-state index contributed by atoms with van der Waals surface area (Å²) >= 11 is 0. The van der Waals surface area contributed by atoms with Crippen LogP contribution in [0.3, 0.4) is 0 Å². The molecule has 0 aromatic heterocycles. The van der Waals surface area contributed by atoms with Gasteiger partial charge in [0.1, 0.15) is 5.75 Å². The first-order valence-corrected chi connectivity index (χ1v) is 9.88. The van der Waals surface area contributed by atoms with E-state index in [0.717, 1.165) is 44.3 Å². The Labute approximate surface area is 183 Å². The van der Waals surface area contributed by atoms with Crippen LogP contribution in [-0.2, 0) is 0 Å². The number of nitrogens with one attached hydrogen (secondary N) is 2. The first-order valence-electron chi connectivity index (χ1n) is 9.88. The Balaban J connectivity index is 0.00000676. The average Bonchev–Trinajstić information content (AvgIpc) is 2.68. The number of hydrogen-bond acceptors (Lipinski definition) is 3. The normalized spacial score (nSPS) is 13.7. The third-order valence-electron chi connectivity index (χ3n) is 4.86. The second kappa shape index (κ2) is 15.0. The number of aliphatic imine (C=N–C) groups is 1. The second-order valence-electron chi connectivity index (χ2n) is 6.81. The first-order chi connectivity index (χ1) is 12.5. The summed E-state index contributed by atoms with van der Waals surface area (Å²) in [7, 11) is 3.55. The highest BCUT2D eigenvalue weighted by molar-refractivity contribution is 14.0. The van der Waals surface area contributed by atoms with E-state index in [-0.39, 0.29) is 24.0 Å². The summed E-state index contributed by atoms with van der Waals surface area (Å²) in [6.07, 6.45) is 2.34. The minimum atomic E-state index is 0. The lowest BCUT2D eigenvalue weighted by molar-refractivity contribution is 0.292. The molecule has 27 heavy (non-hydrogen) atoms. The Morgan fingerprint density at radius 1 is 1.19 bits per heavy atom. The molecule has 2 atom stereocenters. The van der Waals surface area contributed by atoms with Gasteiger partial charge in [0, 0.05) is 25.6 Å². The van der Waals surface area contributed by atoms with Crippen LogP contribution in [0.15, 0.2) is 29.3 Å². The SMILES string of the molecule is CCN(CC)CCCC(C)NC(=NC)NCC(C)c1ccccc1OC.I. The third kappa shape index (κ3) is 9.65. The van der Waals surface area contributed by atoms with E-state index in [1.54, 1.807) is 7.11 Å². The van der Waals surface area contributed by atoms with Crippen molar-refractivity contribution in [1.29, 1.82) is 0 Å². The van der Waals surface area contributed by atoms with Crippen LogP contribution in [0.25, 0.3) is 0 Å². The minimum absolute atomic E-state index is 0. The fourth-order valence-corrected chi connectivity index (χ4v) is 3.09. The van der Waals surface area contributed by atoms with Crippen LogP contribution >= 0.6 is 24.0 Å². The second-order valence-corrected chi connectivity index (χ2v) is 6.81. The van der Waals surface area contributed by atoms with E-state index in [1.165, 1.54) is 12.0 Å². The van der Waals surface area contributed by atoms with Crippen LogP contribution in [0.5, 0.6) is 5.75 Å². The Hall–Kier alpha value is -1.02. The van der Waals surface area contributed by atoms with Gasteiger partial charge < -0.3 is 20.3 Å². The molecule has 0 fully saturated rings. The van der Waals surface area contributed by atoms with Crippen LogP contribution < -0.4 is 15.4 Å². The first kappa shape index (κ1) is 26.0. The van der Waals surface area contributed by atoms with E-state index in [1.807, 2.05) is 19.2 Å².